The van der Waals surface area contributed by atoms with Crippen LogP contribution in [0.5, 0.6) is 0 Å². The van der Waals surface area contributed by atoms with E-state index in [0.717, 1.165) is 11.1 Å². The van der Waals surface area contributed by atoms with Crippen LogP contribution in [0.4, 0.5) is 0 Å². The van der Waals surface area contributed by atoms with Crippen molar-refractivity contribution in [1.82, 2.24) is 9.69 Å². The molecule has 0 radical (unpaired) electrons. The Morgan fingerprint density at radius 2 is 1.84 bits per heavy atom. The SMILES string of the molecule is CSc1ccc(CN(Nn2ccc(=O)c3ccccc32)C(C)=O)cc1. The molecule has 0 unspecified atom stereocenters. The third-order valence-corrected chi connectivity index (χ3v) is 4.66. The molecule has 0 spiro atoms. The molecule has 0 atom stereocenters. The van der Waals surface area contributed by atoms with Gasteiger partial charge in [0.2, 0.25) is 5.91 Å². The van der Waals surface area contributed by atoms with Gasteiger partial charge in [-0.2, -0.15) is 0 Å². The van der Waals surface area contributed by atoms with E-state index in [-0.39, 0.29) is 11.3 Å². The van der Waals surface area contributed by atoms with Crippen LogP contribution in [0.15, 0.2) is 70.5 Å². The van der Waals surface area contributed by atoms with Crippen LogP contribution in [-0.4, -0.2) is 21.8 Å². The lowest BCUT2D eigenvalue weighted by Crippen LogP contribution is -2.39. The van der Waals surface area contributed by atoms with Gasteiger partial charge in [-0.15, -0.1) is 11.8 Å². The van der Waals surface area contributed by atoms with Crippen LogP contribution in [0.2, 0.25) is 0 Å². The molecule has 0 aliphatic heterocycles. The minimum absolute atomic E-state index is 0.0457. The monoisotopic (exact) mass is 353 g/mol. The summed E-state index contributed by atoms with van der Waals surface area (Å²) in [6.07, 6.45) is 3.66. The fourth-order valence-corrected chi connectivity index (χ4v) is 2.96. The van der Waals surface area contributed by atoms with Crippen molar-refractivity contribution in [3.05, 3.63) is 76.6 Å². The molecule has 3 rings (SSSR count). The van der Waals surface area contributed by atoms with Gasteiger partial charge in [0.05, 0.1) is 12.1 Å². The summed E-state index contributed by atoms with van der Waals surface area (Å²) in [5.74, 6) is -0.114. The minimum atomic E-state index is -0.114. The topological polar surface area (TPSA) is 54.3 Å². The molecule has 5 nitrogen and oxygen atoms in total. The molecule has 0 aliphatic carbocycles. The van der Waals surface area contributed by atoms with Gasteiger partial charge in [0, 0.05) is 29.5 Å². The Morgan fingerprint density at radius 3 is 2.52 bits per heavy atom. The number of carbonyl (C=O) groups excluding carboxylic acids is 1. The van der Waals surface area contributed by atoms with Crippen molar-refractivity contribution in [2.45, 2.75) is 18.4 Å². The van der Waals surface area contributed by atoms with Gasteiger partial charge < -0.3 is 0 Å². The maximum absolute atomic E-state index is 12.1. The van der Waals surface area contributed by atoms with Crippen LogP contribution in [0.25, 0.3) is 10.9 Å². The van der Waals surface area contributed by atoms with E-state index in [1.54, 1.807) is 28.7 Å². The fraction of sp³-hybridized carbons (Fsp3) is 0.158. The average Bonchev–Trinajstić information content (AvgIpc) is 2.64. The molecular formula is C19H19N3O2S. The van der Waals surface area contributed by atoms with E-state index in [1.807, 2.05) is 48.7 Å². The summed E-state index contributed by atoms with van der Waals surface area (Å²) < 4.78 is 1.69. The first-order valence-corrected chi connectivity index (χ1v) is 9.09. The van der Waals surface area contributed by atoms with Crippen molar-refractivity contribution in [2.24, 2.45) is 0 Å². The summed E-state index contributed by atoms with van der Waals surface area (Å²) in [6.45, 7) is 1.93. The molecule has 0 saturated heterocycles. The number of para-hydroxylation sites is 1. The van der Waals surface area contributed by atoms with Gasteiger partial charge in [-0.3, -0.25) is 9.59 Å². The van der Waals surface area contributed by atoms with Crippen LogP contribution in [0, 0.1) is 0 Å². The van der Waals surface area contributed by atoms with E-state index in [0.29, 0.717) is 11.9 Å². The van der Waals surface area contributed by atoms with E-state index < -0.39 is 0 Å². The molecule has 6 heteroatoms. The van der Waals surface area contributed by atoms with Gasteiger partial charge >= 0.3 is 0 Å². The highest BCUT2D eigenvalue weighted by Crippen LogP contribution is 2.16. The number of nitrogens with zero attached hydrogens (tertiary/aromatic N) is 2. The Balaban J connectivity index is 1.88. The number of aromatic nitrogens is 1. The Kier molecular flexibility index (Phi) is 5.09. The molecule has 3 aromatic rings. The Bertz CT molecular complexity index is 951. The number of carbonyl (C=O) groups is 1. The predicted octanol–water partition coefficient (Wildman–Crippen LogP) is 3.23. The summed E-state index contributed by atoms with van der Waals surface area (Å²) >= 11 is 1.68. The number of nitrogens with one attached hydrogen (secondary N) is 1. The van der Waals surface area contributed by atoms with E-state index >= 15 is 0 Å². The highest BCUT2D eigenvalue weighted by Gasteiger charge is 2.11. The van der Waals surface area contributed by atoms with Crippen molar-refractivity contribution in [3.8, 4) is 0 Å². The third-order valence-electron chi connectivity index (χ3n) is 3.91. The molecule has 2 aromatic carbocycles. The lowest BCUT2D eigenvalue weighted by molar-refractivity contribution is -0.128. The van der Waals surface area contributed by atoms with Gasteiger partial charge in [-0.25, -0.2) is 15.2 Å². The summed E-state index contributed by atoms with van der Waals surface area (Å²) in [5.41, 5.74) is 4.78. The summed E-state index contributed by atoms with van der Waals surface area (Å²) in [7, 11) is 0. The van der Waals surface area contributed by atoms with E-state index in [4.69, 9.17) is 0 Å². The van der Waals surface area contributed by atoms with Crippen LogP contribution in [-0.2, 0) is 11.3 Å². The van der Waals surface area contributed by atoms with Crippen LogP contribution >= 0.6 is 11.8 Å². The fourth-order valence-electron chi connectivity index (χ4n) is 2.55. The number of rotatable bonds is 5. The molecule has 0 saturated carbocycles. The maximum Gasteiger partial charge on any atom is 0.239 e. The smallest absolute Gasteiger partial charge is 0.239 e. The molecule has 128 valence electrons. The van der Waals surface area contributed by atoms with Crippen molar-refractivity contribution >= 4 is 28.6 Å². The van der Waals surface area contributed by atoms with Crippen molar-refractivity contribution < 1.29 is 4.79 Å². The van der Waals surface area contributed by atoms with Gasteiger partial charge in [0.15, 0.2) is 5.43 Å². The molecule has 25 heavy (non-hydrogen) atoms. The first-order chi connectivity index (χ1) is 12.1. The lowest BCUT2D eigenvalue weighted by Gasteiger charge is -2.25. The predicted molar refractivity (Wildman–Crippen MR) is 102 cm³/mol. The molecule has 0 bridgehead atoms. The first-order valence-electron chi connectivity index (χ1n) is 7.86. The minimum Gasteiger partial charge on any atom is -0.289 e. The second-order valence-corrected chi connectivity index (χ2v) is 6.50. The van der Waals surface area contributed by atoms with Gasteiger partial charge in [0.1, 0.15) is 0 Å². The van der Waals surface area contributed by atoms with Crippen molar-refractivity contribution in [1.29, 1.82) is 0 Å². The number of hydrogen-bond acceptors (Lipinski definition) is 4. The van der Waals surface area contributed by atoms with E-state index in [2.05, 4.69) is 5.53 Å². The number of pyridine rings is 1. The number of hydrogen-bond donors (Lipinski definition) is 1. The summed E-state index contributed by atoms with van der Waals surface area (Å²) in [4.78, 5) is 25.2. The largest absolute Gasteiger partial charge is 0.289 e. The summed E-state index contributed by atoms with van der Waals surface area (Å²) in [6, 6.07) is 16.9. The molecule has 0 aliphatic rings. The van der Waals surface area contributed by atoms with Crippen molar-refractivity contribution in [2.75, 3.05) is 11.8 Å². The van der Waals surface area contributed by atoms with Crippen LogP contribution in [0.3, 0.4) is 0 Å². The zero-order chi connectivity index (χ0) is 17.8. The van der Waals surface area contributed by atoms with E-state index in [9.17, 15) is 9.59 Å². The number of thioether (sulfide) groups is 1. The number of fused-ring (bicyclic) bond motifs is 1. The molecule has 1 heterocycles. The molecule has 1 aromatic heterocycles. The van der Waals surface area contributed by atoms with Crippen LogP contribution < -0.4 is 11.0 Å². The Hall–Kier alpha value is -2.73. The highest BCUT2D eigenvalue weighted by atomic mass is 32.2. The Morgan fingerprint density at radius 1 is 1.12 bits per heavy atom. The number of hydrazine groups is 1. The maximum atomic E-state index is 12.1. The normalized spacial score (nSPS) is 10.6. The number of amides is 1. The number of benzene rings is 2. The second-order valence-electron chi connectivity index (χ2n) is 5.62. The molecular weight excluding hydrogens is 334 g/mol. The highest BCUT2D eigenvalue weighted by molar-refractivity contribution is 7.98. The van der Waals surface area contributed by atoms with E-state index in [1.165, 1.54) is 22.9 Å². The van der Waals surface area contributed by atoms with Gasteiger partial charge in [-0.05, 0) is 36.1 Å². The molecule has 1 amide bonds. The molecule has 1 N–H and O–H groups in total. The van der Waals surface area contributed by atoms with Crippen molar-refractivity contribution in [3.63, 3.8) is 0 Å². The Labute approximate surface area is 150 Å². The quantitative estimate of drug-likeness (QED) is 0.565. The van der Waals surface area contributed by atoms with Gasteiger partial charge in [-0.1, -0.05) is 24.3 Å². The first kappa shape index (κ1) is 17.1. The zero-order valence-electron chi connectivity index (χ0n) is 14.1. The lowest BCUT2D eigenvalue weighted by atomic mass is 10.2. The zero-order valence-corrected chi connectivity index (χ0v) is 14.9. The van der Waals surface area contributed by atoms with Crippen LogP contribution in [0.1, 0.15) is 12.5 Å². The van der Waals surface area contributed by atoms with Gasteiger partial charge in [0.25, 0.3) is 0 Å². The standard InChI is InChI=1S/C19H19N3O2S/c1-14(23)22(13-15-7-9-16(25-2)10-8-15)20-21-12-11-19(24)17-5-3-4-6-18(17)21/h3-12,20H,13H2,1-2H3. The second kappa shape index (κ2) is 7.44. The third kappa shape index (κ3) is 3.85. The average molecular weight is 353 g/mol. The summed E-state index contributed by atoms with van der Waals surface area (Å²) in [5, 5.41) is 2.12. The molecule has 0 fully saturated rings.